The molecule has 0 aliphatic heterocycles. The summed E-state index contributed by atoms with van der Waals surface area (Å²) in [5, 5.41) is 0. The Morgan fingerprint density at radius 3 is 2.43 bits per heavy atom. The van der Waals surface area contributed by atoms with Crippen LogP contribution in [0.5, 0.6) is 5.75 Å². The summed E-state index contributed by atoms with van der Waals surface area (Å²) < 4.78 is 5.72. The third-order valence-corrected chi connectivity index (χ3v) is 3.62. The third kappa shape index (κ3) is 5.42. The van der Waals surface area contributed by atoms with Crippen LogP contribution in [0.3, 0.4) is 0 Å². The van der Waals surface area contributed by atoms with Gasteiger partial charge < -0.3 is 15.4 Å². The molecular formula is C19H24N2O2. The molecule has 0 spiro atoms. The molecule has 2 aromatic rings. The molecule has 0 fully saturated rings. The first-order valence-electron chi connectivity index (χ1n) is 7.80. The van der Waals surface area contributed by atoms with Gasteiger partial charge in [-0.2, -0.15) is 0 Å². The molecule has 2 N–H and O–H groups in total. The summed E-state index contributed by atoms with van der Waals surface area (Å²) >= 11 is 0. The van der Waals surface area contributed by atoms with E-state index < -0.39 is 0 Å². The van der Waals surface area contributed by atoms with Gasteiger partial charge in [0.05, 0.1) is 6.61 Å². The van der Waals surface area contributed by atoms with Gasteiger partial charge in [-0.25, -0.2) is 0 Å². The number of carbonyl (C=O) groups excluding carboxylic acids is 1. The zero-order valence-corrected chi connectivity index (χ0v) is 13.8. The second-order valence-corrected chi connectivity index (χ2v) is 5.85. The number of nitrogens with two attached hydrogens (primary N) is 1. The first-order valence-corrected chi connectivity index (χ1v) is 7.80. The fourth-order valence-corrected chi connectivity index (χ4v) is 2.41. The first-order chi connectivity index (χ1) is 11.1. The van der Waals surface area contributed by atoms with E-state index in [1.54, 1.807) is 6.07 Å². The normalized spacial score (nSPS) is 10.7. The topological polar surface area (TPSA) is 55.6 Å². The predicted molar refractivity (Wildman–Crippen MR) is 92.9 cm³/mol. The quantitative estimate of drug-likeness (QED) is 0.763. The van der Waals surface area contributed by atoms with Crippen molar-refractivity contribution in [2.75, 3.05) is 27.2 Å². The van der Waals surface area contributed by atoms with Gasteiger partial charge in [-0.15, -0.1) is 0 Å². The Bertz CT molecular complexity index is 636. The minimum Gasteiger partial charge on any atom is -0.494 e. The van der Waals surface area contributed by atoms with E-state index in [4.69, 9.17) is 10.5 Å². The van der Waals surface area contributed by atoms with Crippen LogP contribution < -0.4 is 10.5 Å². The predicted octanol–water partition coefficient (Wildman–Crippen LogP) is 2.71. The molecular weight excluding hydrogens is 288 g/mol. The van der Waals surface area contributed by atoms with Crippen molar-refractivity contribution in [3.63, 3.8) is 0 Å². The summed E-state index contributed by atoms with van der Waals surface area (Å²) in [6.07, 6.45) is 1.68. The minimum absolute atomic E-state index is 0.388. The zero-order valence-electron chi connectivity index (χ0n) is 13.8. The maximum Gasteiger partial charge on any atom is 0.248 e. The Labute approximate surface area is 137 Å². The molecule has 0 heterocycles. The fourth-order valence-electron chi connectivity index (χ4n) is 2.41. The van der Waals surface area contributed by atoms with Gasteiger partial charge in [-0.3, -0.25) is 4.79 Å². The van der Waals surface area contributed by atoms with Gasteiger partial charge in [0.2, 0.25) is 5.91 Å². The summed E-state index contributed by atoms with van der Waals surface area (Å²) in [6, 6.07) is 15.4. The van der Waals surface area contributed by atoms with E-state index in [1.807, 2.05) is 42.5 Å². The highest BCUT2D eigenvalue weighted by atomic mass is 16.5. The molecule has 0 aromatic heterocycles. The van der Waals surface area contributed by atoms with Crippen LogP contribution in [-0.2, 0) is 6.42 Å². The largest absolute Gasteiger partial charge is 0.494 e. The summed E-state index contributed by atoms with van der Waals surface area (Å²) in [5.41, 5.74) is 8.07. The van der Waals surface area contributed by atoms with E-state index in [-0.39, 0.29) is 5.91 Å². The van der Waals surface area contributed by atoms with Gasteiger partial charge in [0.15, 0.2) is 0 Å². The summed E-state index contributed by atoms with van der Waals surface area (Å²) in [7, 11) is 4.11. The molecule has 23 heavy (non-hydrogen) atoms. The smallest absolute Gasteiger partial charge is 0.248 e. The van der Waals surface area contributed by atoms with Crippen molar-refractivity contribution in [3.05, 3.63) is 65.2 Å². The Kier molecular flexibility index (Phi) is 6.18. The van der Waals surface area contributed by atoms with E-state index in [0.717, 1.165) is 29.8 Å². The second kappa shape index (κ2) is 8.34. The Morgan fingerprint density at radius 2 is 1.78 bits per heavy atom. The lowest BCUT2D eigenvalue weighted by Gasteiger charge is -2.11. The molecule has 0 saturated heterocycles. The number of carbonyl (C=O) groups is 1. The molecule has 4 nitrogen and oxygen atoms in total. The molecule has 0 atom stereocenters. The van der Waals surface area contributed by atoms with Gasteiger partial charge in [-0.05, 0) is 56.3 Å². The van der Waals surface area contributed by atoms with E-state index >= 15 is 0 Å². The molecule has 0 saturated carbocycles. The third-order valence-electron chi connectivity index (χ3n) is 3.62. The van der Waals surface area contributed by atoms with Crippen molar-refractivity contribution in [2.45, 2.75) is 12.8 Å². The lowest BCUT2D eigenvalue weighted by atomic mass is 9.99. The van der Waals surface area contributed by atoms with Crippen molar-refractivity contribution in [2.24, 2.45) is 5.73 Å². The maximum atomic E-state index is 11.5. The number of primary amides is 1. The molecule has 0 radical (unpaired) electrons. The number of amides is 1. The highest BCUT2D eigenvalue weighted by molar-refractivity contribution is 5.94. The molecule has 0 aliphatic carbocycles. The van der Waals surface area contributed by atoms with Crippen LogP contribution in [0.2, 0.25) is 0 Å². The zero-order chi connectivity index (χ0) is 16.7. The molecule has 1 amide bonds. The molecule has 0 aliphatic rings. The van der Waals surface area contributed by atoms with Crippen LogP contribution in [0.4, 0.5) is 0 Å². The Balaban J connectivity index is 1.94. The van der Waals surface area contributed by atoms with Crippen molar-refractivity contribution in [3.8, 4) is 5.75 Å². The molecule has 0 unspecified atom stereocenters. The Morgan fingerprint density at radius 1 is 1.09 bits per heavy atom. The standard InChI is InChI=1S/C19H24N2O2/c1-21(2)12-5-13-23-17-10-8-15(9-11-17)14-16-6-3-4-7-18(16)19(20)22/h3-4,6-11H,5,12-14H2,1-2H3,(H2,20,22). The summed E-state index contributed by atoms with van der Waals surface area (Å²) in [5.74, 6) is 0.483. The van der Waals surface area contributed by atoms with Crippen molar-refractivity contribution in [1.29, 1.82) is 0 Å². The number of nitrogens with zero attached hydrogens (tertiary/aromatic N) is 1. The van der Waals surface area contributed by atoms with Crippen LogP contribution in [0, 0.1) is 0 Å². The van der Waals surface area contributed by atoms with E-state index in [1.165, 1.54) is 0 Å². The number of hydrogen-bond acceptors (Lipinski definition) is 3. The molecule has 4 heteroatoms. The Hall–Kier alpha value is -2.33. The van der Waals surface area contributed by atoms with Crippen LogP contribution in [0.25, 0.3) is 0 Å². The number of ether oxygens (including phenoxy) is 1. The number of rotatable bonds is 8. The second-order valence-electron chi connectivity index (χ2n) is 5.85. The van der Waals surface area contributed by atoms with Gasteiger partial charge in [-0.1, -0.05) is 30.3 Å². The van der Waals surface area contributed by atoms with Gasteiger partial charge in [0.25, 0.3) is 0 Å². The highest BCUT2D eigenvalue weighted by Crippen LogP contribution is 2.17. The van der Waals surface area contributed by atoms with Gasteiger partial charge in [0, 0.05) is 12.1 Å². The average molecular weight is 312 g/mol. The SMILES string of the molecule is CN(C)CCCOc1ccc(Cc2ccccc2C(N)=O)cc1. The monoisotopic (exact) mass is 312 g/mol. The minimum atomic E-state index is -0.388. The molecule has 0 bridgehead atoms. The van der Waals surface area contributed by atoms with Crippen molar-refractivity contribution >= 4 is 5.91 Å². The van der Waals surface area contributed by atoms with E-state index in [9.17, 15) is 4.79 Å². The summed E-state index contributed by atoms with van der Waals surface area (Å²) in [6.45, 7) is 1.73. The first kappa shape index (κ1) is 17.0. The van der Waals surface area contributed by atoms with Crippen LogP contribution >= 0.6 is 0 Å². The maximum absolute atomic E-state index is 11.5. The average Bonchev–Trinajstić information content (AvgIpc) is 2.53. The lowest BCUT2D eigenvalue weighted by molar-refractivity contribution is 0.0999. The number of hydrogen-bond donors (Lipinski definition) is 1. The van der Waals surface area contributed by atoms with E-state index in [0.29, 0.717) is 18.6 Å². The molecule has 2 aromatic carbocycles. The van der Waals surface area contributed by atoms with Gasteiger partial charge in [0.1, 0.15) is 5.75 Å². The van der Waals surface area contributed by atoms with Crippen molar-refractivity contribution in [1.82, 2.24) is 4.90 Å². The summed E-state index contributed by atoms with van der Waals surface area (Å²) in [4.78, 5) is 13.6. The lowest BCUT2D eigenvalue weighted by Crippen LogP contribution is -2.15. The van der Waals surface area contributed by atoms with Gasteiger partial charge >= 0.3 is 0 Å². The molecule has 122 valence electrons. The van der Waals surface area contributed by atoms with Crippen LogP contribution in [0.15, 0.2) is 48.5 Å². The highest BCUT2D eigenvalue weighted by Gasteiger charge is 2.07. The van der Waals surface area contributed by atoms with E-state index in [2.05, 4.69) is 19.0 Å². The fraction of sp³-hybridized carbons (Fsp3) is 0.316. The number of benzene rings is 2. The van der Waals surface area contributed by atoms with Crippen molar-refractivity contribution < 1.29 is 9.53 Å². The van der Waals surface area contributed by atoms with Crippen LogP contribution in [0.1, 0.15) is 27.9 Å². The van der Waals surface area contributed by atoms with Crippen LogP contribution in [-0.4, -0.2) is 38.1 Å². The molecule has 2 rings (SSSR count).